The highest BCUT2D eigenvalue weighted by Gasteiger charge is 2.05. The Bertz CT molecular complexity index is 362. The Hall–Kier alpha value is -0.770. The highest BCUT2D eigenvalue weighted by molar-refractivity contribution is 7.99. The van der Waals surface area contributed by atoms with Crippen LogP contribution in [0.2, 0.25) is 0 Å². The summed E-state index contributed by atoms with van der Waals surface area (Å²) in [6, 6.07) is 1.59. The summed E-state index contributed by atoms with van der Waals surface area (Å²) in [7, 11) is 0. The molecule has 0 amide bonds. The normalized spacial score (nSPS) is 12.7. The lowest BCUT2D eigenvalue weighted by atomic mass is 10.2. The number of nitrogens with zero attached hydrogens (tertiary/aromatic N) is 1. The van der Waals surface area contributed by atoms with E-state index in [0.717, 1.165) is 30.1 Å². The maximum Gasteiger partial charge on any atom is 0.251 e. The summed E-state index contributed by atoms with van der Waals surface area (Å²) in [6.07, 6.45) is 2.97. The van der Waals surface area contributed by atoms with Gasteiger partial charge in [-0.15, -0.1) is 0 Å². The molecule has 0 aliphatic rings. The molecule has 0 saturated carbocycles. The topological polar surface area (TPSA) is 45.8 Å². The van der Waals surface area contributed by atoms with Gasteiger partial charge in [0.25, 0.3) is 5.56 Å². The molecular weight excluding hydrogens is 208 g/mol. The lowest BCUT2D eigenvalue weighted by molar-refractivity contribution is 0.808. The van der Waals surface area contributed by atoms with Crippen LogP contribution in [0.1, 0.15) is 39.3 Å². The highest BCUT2D eigenvalue weighted by Crippen LogP contribution is 2.20. The van der Waals surface area contributed by atoms with E-state index in [1.165, 1.54) is 0 Å². The van der Waals surface area contributed by atoms with Crippen molar-refractivity contribution in [3.05, 3.63) is 22.1 Å². The molecule has 4 heteroatoms. The van der Waals surface area contributed by atoms with Crippen molar-refractivity contribution in [2.24, 2.45) is 0 Å². The number of thioether (sulfide) groups is 1. The first-order chi connectivity index (χ1) is 7.15. The molecule has 0 aliphatic heterocycles. The van der Waals surface area contributed by atoms with Gasteiger partial charge in [0.05, 0.1) is 0 Å². The average Bonchev–Trinajstić information content (AvgIpc) is 2.17. The standard InChI is InChI=1S/C11H18N2OS/c1-4-6-9-7-10(14)13-11(12-9)15-8(3)5-2/h7-8H,4-6H2,1-3H3,(H,12,13,14)/t8-/m1/s1. The molecule has 0 saturated heterocycles. The number of nitrogens with one attached hydrogen (secondary N) is 1. The summed E-state index contributed by atoms with van der Waals surface area (Å²) in [5.74, 6) is 0. The van der Waals surface area contributed by atoms with Crippen molar-refractivity contribution in [3.8, 4) is 0 Å². The van der Waals surface area contributed by atoms with Gasteiger partial charge in [-0.1, -0.05) is 39.0 Å². The van der Waals surface area contributed by atoms with Crippen LogP contribution in [0.5, 0.6) is 0 Å². The third kappa shape index (κ3) is 4.08. The first-order valence-corrected chi connectivity index (χ1v) is 6.30. The molecule has 1 rings (SSSR count). The van der Waals surface area contributed by atoms with Crippen LogP contribution < -0.4 is 5.56 Å². The highest BCUT2D eigenvalue weighted by atomic mass is 32.2. The zero-order valence-corrected chi connectivity index (χ0v) is 10.4. The van der Waals surface area contributed by atoms with Crippen LogP contribution in [0.4, 0.5) is 0 Å². The summed E-state index contributed by atoms with van der Waals surface area (Å²) in [5.41, 5.74) is 0.853. The van der Waals surface area contributed by atoms with Crippen LogP contribution in [-0.4, -0.2) is 15.2 Å². The van der Waals surface area contributed by atoms with Gasteiger partial charge in [0, 0.05) is 17.0 Å². The minimum atomic E-state index is -0.0424. The predicted octanol–water partition coefficient (Wildman–Crippen LogP) is 2.61. The van der Waals surface area contributed by atoms with Gasteiger partial charge in [0.15, 0.2) is 5.16 Å². The first kappa shape index (κ1) is 12.3. The van der Waals surface area contributed by atoms with Crippen molar-refractivity contribution < 1.29 is 0 Å². The quantitative estimate of drug-likeness (QED) is 0.620. The van der Waals surface area contributed by atoms with Crippen molar-refractivity contribution in [2.45, 2.75) is 50.4 Å². The molecular formula is C11H18N2OS. The van der Waals surface area contributed by atoms with E-state index in [-0.39, 0.29) is 5.56 Å². The summed E-state index contributed by atoms with van der Waals surface area (Å²) < 4.78 is 0. The Balaban J connectivity index is 2.83. The summed E-state index contributed by atoms with van der Waals surface area (Å²) in [6.45, 7) is 6.35. The van der Waals surface area contributed by atoms with Crippen molar-refractivity contribution in [3.63, 3.8) is 0 Å². The van der Waals surface area contributed by atoms with Crippen LogP contribution in [0, 0.1) is 0 Å². The SMILES string of the molecule is CCCc1cc(=O)[nH]c(S[C@H](C)CC)n1. The van der Waals surface area contributed by atoms with Crippen molar-refractivity contribution >= 4 is 11.8 Å². The third-order valence-electron chi connectivity index (χ3n) is 2.17. The van der Waals surface area contributed by atoms with Crippen LogP contribution >= 0.6 is 11.8 Å². The molecule has 1 aromatic heterocycles. The molecule has 15 heavy (non-hydrogen) atoms. The lowest BCUT2D eigenvalue weighted by Crippen LogP contribution is -2.11. The molecule has 0 aromatic carbocycles. The summed E-state index contributed by atoms with van der Waals surface area (Å²) >= 11 is 1.63. The zero-order valence-electron chi connectivity index (χ0n) is 9.54. The Kier molecular flexibility index (Phi) is 4.88. The molecule has 0 unspecified atom stereocenters. The van der Waals surface area contributed by atoms with E-state index in [2.05, 4.69) is 30.7 Å². The molecule has 0 fully saturated rings. The van der Waals surface area contributed by atoms with Gasteiger partial charge in [-0.2, -0.15) is 0 Å². The molecule has 1 N–H and O–H groups in total. The molecule has 1 heterocycles. The number of H-pyrrole nitrogens is 1. The second-order valence-electron chi connectivity index (χ2n) is 3.63. The largest absolute Gasteiger partial charge is 0.301 e. The first-order valence-electron chi connectivity index (χ1n) is 5.42. The fourth-order valence-electron chi connectivity index (χ4n) is 1.20. The number of hydrogen-bond donors (Lipinski definition) is 1. The smallest absolute Gasteiger partial charge is 0.251 e. The van der Waals surface area contributed by atoms with E-state index in [1.807, 2.05) is 0 Å². The van der Waals surface area contributed by atoms with Crippen LogP contribution in [0.3, 0.4) is 0 Å². The number of rotatable bonds is 5. The molecule has 0 radical (unpaired) electrons. The minimum absolute atomic E-state index is 0.0424. The number of aromatic amines is 1. The Morgan fingerprint density at radius 3 is 2.87 bits per heavy atom. The fourth-order valence-corrected chi connectivity index (χ4v) is 2.07. The summed E-state index contributed by atoms with van der Waals surface area (Å²) in [4.78, 5) is 18.5. The van der Waals surface area contributed by atoms with E-state index in [0.29, 0.717) is 5.25 Å². The zero-order chi connectivity index (χ0) is 11.3. The second-order valence-corrected chi connectivity index (χ2v) is 5.06. The van der Waals surface area contributed by atoms with Crippen LogP contribution in [0.25, 0.3) is 0 Å². The second kappa shape index (κ2) is 5.95. The predicted molar refractivity (Wildman–Crippen MR) is 64.5 cm³/mol. The van der Waals surface area contributed by atoms with Crippen molar-refractivity contribution in [2.75, 3.05) is 0 Å². The molecule has 0 aliphatic carbocycles. The van der Waals surface area contributed by atoms with Gasteiger partial charge in [0.1, 0.15) is 0 Å². The van der Waals surface area contributed by atoms with Crippen LogP contribution in [0.15, 0.2) is 16.0 Å². The molecule has 3 nitrogen and oxygen atoms in total. The van der Waals surface area contributed by atoms with Crippen molar-refractivity contribution in [1.82, 2.24) is 9.97 Å². The van der Waals surface area contributed by atoms with E-state index < -0.39 is 0 Å². The van der Waals surface area contributed by atoms with E-state index in [4.69, 9.17) is 0 Å². The Morgan fingerprint density at radius 1 is 1.53 bits per heavy atom. The van der Waals surface area contributed by atoms with Crippen LogP contribution in [-0.2, 0) is 6.42 Å². The fraction of sp³-hybridized carbons (Fsp3) is 0.636. The third-order valence-corrected chi connectivity index (χ3v) is 3.32. The van der Waals surface area contributed by atoms with Gasteiger partial charge in [-0.05, 0) is 12.8 Å². The van der Waals surface area contributed by atoms with Gasteiger partial charge in [-0.25, -0.2) is 4.98 Å². The Morgan fingerprint density at radius 2 is 2.27 bits per heavy atom. The number of aryl methyl sites for hydroxylation is 1. The van der Waals surface area contributed by atoms with Gasteiger partial charge in [0.2, 0.25) is 0 Å². The monoisotopic (exact) mass is 226 g/mol. The lowest BCUT2D eigenvalue weighted by Gasteiger charge is -2.07. The summed E-state index contributed by atoms with van der Waals surface area (Å²) in [5, 5.41) is 1.24. The van der Waals surface area contributed by atoms with E-state index >= 15 is 0 Å². The molecule has 0 bridgehead atoms. The Labute approximate surface area is 94.7 Å². The maximum absolute atomic E-state index is 11.3. The van der Waals surface area contributed by atoms with Gasteiger partial charge >= 0.3 is 0 Å². The van der Waals surface area contributed by atoms with Gasteiger partial charge < -0.3 is 4.98 Å². The van der Waals surface area contributed by atoms with E-state index in [1.54, 1.807) is 17.8 Å². The molecule has 1 atom stereocenters. The maximum atomic E-state index is 11.3. The van der Waals surface area contributed by atoms with E-state index in [9.17, 15) is 4.79 Å². The number of hydrogen-bond acceptors (Lipinski definition) is 3. The average molecular weight is 226 g/mol. The minimum Gasteiger partial charge on any atom is -0.301 e. The van der Waals surface area contributed by atoms with Crippen molar-refractivity contribution in [1.29, 1.82) is 0 Å². The molecule has 84 valence electrons. The van der Waals surface area contributed by atoms with Gasteiger partial charge in [-0.3, -0.25) is 4.79 Å². The number of aromatic nitrogens is 2. The molecule has 1 aromatic rings. The molecule has 0 spiro atoms.